The normalized spacial score (nSPS) is 18.2. The monoisotopic (exact) mass is 458 g/mol. The van der Waals surface area contributed by atoms with Crippen LogP contribution in [0.4, 0.5) is 0 Å². The highest BCUT2D eigenvalue weighted by Crippen LogP contribution is 2.20. The molecule has 1 heterocycles. The van der Waals surface area contributed by atoms with E-state index in [1.165, 1.54) is 0 Å². The zero-order chi connectivity index (χ0) is 24.6. The first-order valence-corrected chi connectivity index (χ1v) is 9.51. The predicted octanol–water partition coefficient (Wildman–Crippen LogP) is -4.42. The molecule has 15 nitrogen and oxygen atoms in total. The Balaban J connectivity index is 2.97. The van der Waals surface area contributed by atoms with Crippen molar-refractivity contribution in [3.63, 3.8) is 0 Å². The van der Waals surface area contributed by atoms with E-state index in [-0.39, 0.29) is 13.0 Å². The van der Waals surface area contributed by atoms with Gasteiger partial charge in [-0.1, -0.05) is 0 Å². The Morgan fingerprint density at radius 2 is 1.47 bits per heavy atom. The van der Waals surface area contributed by atoms with Crippen LogP contribution in [0.25, 0.3) is 0 Å². The predicted molar refractivity (Wildman–Crippen MR) is 104 cm³/mol. The first-order valence-electron chi connectivity index (χ1n) is 9.51. The molecule has 1 aliphatic heterocycles. The summed E-state index contributed by atoms with van der Waals surface area (Å²) in [6.07, 6.45) is -1.53. The van der Waals surface area contributed by atoms with E-state index in [9.17, 15) is 33.6 Å². The maximum Gasteiger partial charge on any atom is 0.326 e. The molecule has 15 heteroatoms. The van der Waals surface area contributed by atoms with E-state index in [2.05, 4.69) is 10.6 Å². The Morgan fingerprint density at radius 3 is 1.97 bits per heavy atom. The second kappa shape index (κ2) is 11.6. The summed E-state index contributed by atoms with van der Waals surface area (Å²) >= 11 is 0. The number of carbonyl (C=O) groups excluding carboxylic acids is 5. The fourth-order valence-electron chi connectivity index (χ4n) is 3.13. The first-order chi connectivity index (χ1) is 14.8. The van der Waals surface area contributed by atoms with Crippen LogP contribution in [0, 0.1) is 0 Å². The summed E-state index contributed by atoms with van der Waals surface area (Å²) in [7, 11) is 0. The molecule has 0 radical (unpaired) electrons. The van der Waals surface area contributed by atoms with Gasteiger partial charge in [-0.25, -0.2) is 4.79 Å². The van der Waals surface area contributed by atoms with Crippen LogP contribution >= 0.6 is 0 Å². The molecule has 0 aromatic heterocycles. The molecular weight excluding hydrogens is 432 g/mol. The molecule has 1 fully saturated rings. The second-order valence-corrected chi connectivity index (χ2v) is 7.20. The summed E-state index contributed by atoms with van der Waals surface area (Å²) in [5.74, 6) is -7.51. The van der Waals surface area contributed by atoms with Gasteiger partial charge < -0.3 is 42.9 Å². The zero-order valence-electron chi connectivity index (χ0n) is 17.0. The average Bonchev–Trinajstić information content (AvgIpc) is 3.14. The topological polar surface area (TPSA) is 265 Å². The van der Waals surface area contributed by atoms with E-state index in [4.69, 9.17) is 27.4 Å². The quantitative estimate of drug-likeness (QED) is 0.147. The maximum absolute atomic E-state index is 12.9. The van der Waals surface area contributed by atoms with Gasteiger partial charge in [0.25, 0.3) is 0 Å². The number of primary amides is 2. The SMILES string of the molecule is NC(=O)CC(NC(=O)C1CCCN1C(=O)C(CC(N)=O)NC(=O)C(N)CC(=O)O)C(=O)O. The van der Waals surface area contributed by atoms with Crippen molar-refractivity contribution < 1.29 is 43.8 Å². The second-order valence-electron chi connectivity index (χ2n) is 7.20. The number of amides is 5. The molecule has 4 unspecified atom stereocenters. The number of hydrogen-bond donors (Lipinski definition) is 7. The molecule has 0 aromatic carbocycles. The van der Waals surface area contributed by atoms with E-state index in [1.54, 1.807) is 0 Å². The van der Waals surface area contributed by atoms with Crippen molar-refractivity contribution >= 4 is 41.5 Å². The van der Waals surface area contributed by atoms with Crippen LogP contribution in [-0.2, 0) is 33.6 Å². The summed E-state index contributed by atoms with van der Waals surface area (Å²) in [6, 6.07) is -5.77. The third kappa shape index (κ3) is 7.82. The highest BCUT2D eigenvalue weighted by atomic mass is 16.4. The number of nitrogens with two attached hydrogens (primary N) is 3. The molecule has 4 atom stereocenters. The summed E-state index contributed by atoms with van der Waals surface area (Å²) in [5.41, 5.74) is 15.6. The van der Waals surface area contributed by atoms with Gasteiger partial charge in [0, 0.05) is 6.54 Å². The van der Waals surface area contributed by atoms with Crippen LogP contribution in [0.15, 0.2) is 0 Å². The highest BCUT2D eigenvalue weighted by Gasteiger charge is 2.39. The van der Waals surface area contributed by atoms with Gasteiger partial charge in [0.15, 0.2) is 0 Å². The van der Waals surface area contributed by atoms with Crippen LogP contribution < -0.4 is 27.8 Å². The number of carbonyl (C=O) groups is 7. The van der Waals surface area contributed by atoms with Gasteiger partial charge in [-0.2, -0.15) is 0 Å². The van der Waals surface area contributed by atoms with Gasteiger partial charge >= 0.3 is 11.9 Å². The zero-order valence-corrected chi connectivity index (χ0v) is 17.0. The molecule has 1 aliphatic rings. The minimum absolute atomic E-state index is 0.0524. The summed E-state index contributed by atoms with van der Waals surface area (Å²) in [4.78, 5) is 83.0. The summed E-state index contributed by atoms with van der Waals surface area (Å²) in [6.45, 7) is 0.0524. The van der Waals surface area contributed by atoms with Crippen molar-refractivity contribution in [1.82, 2.24) is 15.5 Å². The minimum Gasteiger partial charge on any atom is -0.481 e. The van der Waals surface area contributed by atoms with E-state index in [0.717, 1.165) is 4.90 Å². The molecule has 178 valence electrons. The molecular formula is C17H26N6O9. The van der Waals surface area contributed by atoms with Crippen molar-refractivity contribution in [2.75, 3.05) is 6.54 Å². The molecule has 0 bridgehead atoms. The lowest BCUT2D eigenvalue weighted by atomic mass is 10.1. The number of rotatable bonds is 12. The minimum atomic E-state index is -1.60. The lowest BCUT2D eigenvalue weighted by Crippen LogP contribution is -2.57. The van der Waals surface area contributed by atoms with Crippen molar-refractivity contribution in [3.8, 4) is 0 Å². The molecule has 0 saturated carbocycles. The molecule has 5 amide bonds. The Morgan fingerprint density at radius 1 is 0.906 bits per heavy atom. The van der Waals surface area contributed by atoms with Crippen molar-refractivity contribution in [1.29, 1.82) is 0 Å². The van der Waals surface area contributed by atoms with E-state index >= 15 is 0 Å². The van der Waals surface area contributed by atoms with Gasteiger partial charge in [0.2, 0.25) is 29.5 Å². The lowest BCUT2D eigenvalue weighted by molar-refractivity contribution is -0.146. The number of likely N-dealkylation sites (tertiary alicyclic amines) is 1. The molecule has 0 aromatic rings. The Bertz CT molecular complexity index is 801. The largest absolute Gasteiger partial charge is 0.481 e. The number of aliphatic carboxylic acids is 2. The van der Waals surface area contributed by atoms with Crippen LogP contribution in [0.1, 0.15) is 32.1 Å². The number of carboxylic acid groups (broad SMARTS) is 2. The van der Waals surface area contributed by atoms with Crippen molar-refractivity contribution in [3.05, 3.63) is 0 Å². The van der Waals surface area contributed by atoms with Crippen LogP contribution in [-0.4, -0.2) is 87.3 Å². The number of nitrogens with one attached hydrogen (secondary N) is 2. The molecule has 32 heavy (non-hydrogen) atoms. The Kier molecular flexibility index (Phi) is 9.52. The summed E-state index contributed by atoms with van der Waals surface area (Å²) in [5, 5.41) is 22.2. The number of hydrogen-bond acceptors (Lipinski definition) is 8. The fraction of sp³-hybridized carbons (Fsp3) is 0.588. The fourth-order valence-corrected chi connectivity index (χ4v) is 3.13. The third-order valence-electron chi connectivity index (χ3n) is 4.61. The van der Waals surface area contributed by atoms with E-state index in [0.29, 0.717) is 6.42 Å². The molecule has 0 spiro atoms. The van der Waals surface area contributed by atoms with Gasteiger partial charge in [-0.15, -0.1) is 0 Å². The van der Waals surface area contributed by atoms with Crippen molar-refractivity contribution in [2.24, 2.45) is 17.2 Å². The lowest BCUT2D eigenvalue weighted by Gasteiger charge is -2.29. The Hall–Kier alpha value is -3.75. The van der Waals surface area contributed by atoms with Crippen molar-refractivity contribution in [2.45, 2.75) is 56.3 Å². The van der Waals surface area contributed by atoms with E-state index in [1.807, 2.05) is 0 Å². The molecule has 1 saturated heterocycles. The molecule has 0 aliphatic carbocycles. The first kappa shape index (κ1) is 26.3. The standard InChI is InChI=1S/C17H26N6O9/c18-7(4-13(26)27)14(28)21-8(5-11(19)24)16(30)23-3-1-2-10(23)15(29)22-9(17(31)32)6-12(20)25/h7-10H,1-6,18H2,(H2,19,24)(H2,20,25)(H,21,28)(H,22,29)(H,26,27)(H,31,32). The molecule has 1 rings (SSSR count). The van der Waals surface area contributed by atoms with Gasteiger partial charge in [0.1, 0.15) is 18.1 Å². The van der Waals surface area contributed by atoms with Gasteiger partial charge in [0.05, 0.1) is 25.3 Å². The maximum atomic E-state index is 12.9. The van der Waals surface area contributed by atoms with Gasteiger partial charge in [-0.05, 0) is 12.8 Å². The van der Waals surface area contributed by atoms with Crippen LogP contribution in [0.2, 0.25) is 0 Å². The number of nitrogens with zero attached hydrogens (tertiary/aromatic N) is 1. The molecule has 10 N–H and O–H groups in total. The number of carboxylic acids is 2. The smallest absolute Gasteiger partial charge is 0.326 e. The highest BCUT2D eigenvalue weighted by molar-refractivity contribution is 5.97. The summed E-state index contributed by atoms with van der Waals surface area (Å²) < 4.78 is 0. The van der Waals surface area contributed by atoms with Crippen LogP contribution in [0.3, 0.4) is 0 Å². The average molecular weight is 458 g/mol. The van der Waals surface area contributed by atoms with Crippen LogP contribution in [0.5, 0.6) is 0 Å². The third-order valence-corrected chi connectivity index (χ3v) is 4.61. The Labute approximate surface area is 181 Å². The van der Waals surface area contributed by atoms with E-state index < -0.39 is 84.9 Å². The van der Waals surface area contributed by atoms with Gasteiger partial charge in [-0.3, -0.25) is 28.8 Å².